The zero-order chi connectivity index (χ0) is 18.5. The number of hydrogen-bond acceptors (Lipinski definition) is 3. The Morgan fingerprint density at radius 2 is 1.88 bits per heavy atom. The molecule has 0 saturated carbocycles. The number of benzene rings is 1. The highest BCUT2D eigenvalue weighted by Gasteiger charge is 2.36. The molecule has 2 aliphatic heterocycles. The Morgan fingerprint density at radius 1 is 1.12 bits per heavy atom. The van der Waals surface area contributed by atoms with Crippen molar-refractivity contribution in [3.63, 3.8) is 0 Å². The van der Waals surface area contributed by atoms with Crippen LogP contribution in [0.3, 0.4) is 0 Å². The lowest BCUT2D eigenvalue weighted by Gasteiger charge is -2.27. The summed E-state index contributed by atoms with van der Waals surface area (Å²) in [7, 11) is 0. The van der Waals surface area contributed by atoms with Crippen molar-refractivity contribution in [2.24, 2.45) is 5.92 Å². The number of carbonyl (C=O) groups excluding carboxylic acids is 2. The van der Waals surface area contributed by atoms with Gasteiger partial charge in [-0.3, -0.25) is 14.5 Å². The molecule has 2 fully saturated rings. The Labute approximate surface area is 156 Å². The molecule has 0 aliphatic carbocycles. The van der Waals surface area contributed by atoms with E-state index in [0.29, 0.717) is 6.54 Å². The van der Waals surface area contributed by atoms with Crippen LogP contribution in [-0.4, -0.2) is 65.3 Å². The van der Waals surface area contributed by atoms with Crippen molar-refractivity contribution >= 4 is 11.8 Å². The molecule has 0 bridgehead atoms. The zero-order valence-corrected chi connectivity index (χ0v) is 16.1. The second-order valence-electron chi connectivity index (χ2n) is 7.57. The van der Waals surface area contributed by atoms with E-state index in [0.717, 1.165) is 52.0 Å². The van der Waals surface area contributed by atoms with E-state index in [2.05, 4.69) is 24.0 Å². The summed E-state index contributed by atoms with van der Waals surface area (Å²) in [5.74, 6) is 0.601. The highest BCUT2D eigenvalue weighted by molar-refractivity contribution is 5.84. The van der Waals surface area contributed by atoms with Crippen molar-refractivity contribution in [3.05, 3.63) is 35.9 Å². The van der Waals surface area contributed by atoms with E-state index in [1.807, 2.05) is 34.9 Å². The number of carbonyl (C=O) groups is 2. The van der Waals surface area contributed by atoms with Crippen LogP contribution < -0.4 is 0 Å². The SMILES string of the molecule is CC[C@@H](C)C(=O)N1CCCN([C@H]2CCN(Cc3ccccc3)C2=O)CC1. The van der Waals surface area contributed by atoms with E-state index in [4.69, 9.17) is 0 Å². The lowest BCUT2D eigenvalue weighted by atomic mass is 10.1. The maximum absolute atomic E-state index is 12.9. The van der Waals surface area contributed by atoms with Gasteiger partial charge in [-0.15, -0.1) is 0 Å². The number of likely N-dealkylation sites (tertiary alicyclic amines) is 1. The molecule has 0 radical (unpaired) electrons. The van der Waals surface area contributed by atoms with E-state index >= 15 is 0 Å². The van der Waals surface area contributed by atoms with Crippen LogP contribution in [0.25, 0.3) is 0 Å². The van der Waals surface area contributed by atoms with Gasteiger partial charge in [-0.05, 0) is 24.8 Å². The van der Waals surface area contributed by atoms with Crippen LogP contribution in [0, 0.1) is 5.92 Å². The number of nitrogens with zero attached hydrogens (tertiary/aromatic N) is 3. The summed E-state index contributed by atoms with van der Waals surface area (Å²) in [6, 6.07) is 10.2. The highest BCUT2D eigenvalue weighted by atomic mass is 16.2. The third kappa shape index (κ3) is 4.26. The average molecular weight is 357 g/mol. The van der Waals surface area contributed by atoms with Crippen molar-refractivity contribution in [1.82, 2.24) is 14.7 Å². The van der Waals surface area contributed by atoms with Gasteiger partial charge in [0, 0.05) is 45.2 Å². The summed E-state index contributed by atoms with van der Waals surface area (Å²) in [4.78, 5) is 31.6. The van der Waals surface area contributed by atoms with Gasteiger partial charge in [0.05, 0.1) is 6.04 Å². The molecule has 0 spiro atoms. The van der Waals surface area contributed by atoms with E-state index in [1.54, 1.807) is 0 Å². The maximum atomic E-state index is 12.9. The molecule has 1 aromatic carbocycles. The summed E-state index contributed by atoms with van der Waals surface area (Å²) < 4.78 is 0. The predicted molar refractivity (Wildman–Crippen MR) is 102 cm³/mol. The quantitative estimate of drug-likeness (QED) is 0.813. The molecule has 142 valence electrons. The Balaban J connectivity index is 1.56. The van der Waals surface area contributed by atoms with Gasteiger partial charge in [-0.2, -0.15) is 0 Å². The van der Waals surface area contributed by atoms with E-state index in [9.17, 15) is 9.59 Å². The smallest absolute Gasteiger partial charge is 0.240 e. The van der Waals surface area contributed by atoms with Gasteiger partial charge in [0.2, 0.25) is 11.8 Å². The van der Waals surface area contributed by atoms with Crippen LogP contribution in [-0.2, 0) is 16.1 Å². The van der Waals surface area contributed by atoms with Gasteiger partial charge in [0.25, 0.3) is 0 Å². The van der Waals surface area contributed by atoms with Crippen molar-refractivity contribution in [2.45, 2.75) is 45.7 Å². The monoisotopic (exact) mass is 357 g/mol. The first kappa shape index (κ1) is 18.9. The molecule has 2 heterocycles. The van der Waals surface area contributed by atoms with Crippen LogP contribution in [0.2, 0.25) is 0 Å². The number of hydrogen-bond donors (Lipinski definition) is 0. The normalized spacial score (nSPS) is 23.2. The van der Waals surface area contributed by atoms with Crippen LogP contribution in [0.15, 0.2) is 30.3 Å². The molecular formula is C21H31N3O2. The fourth-order valence-corrected chi connectivity index (χ4v) is 3.98. The maximum Gasteiger partial charge on any atom is 0.240 e. The van der Waals surface area contributed by atoms with E-state index in [1.165, 1.54) is 5.56 Å². The van der Waals surface area contributed by atoms with Gasteiger partial charge in [-0.25, -0.2) is 0 Å². The zero-order valence-electron chi connectivity index (χ0n) is 16.1. The first-order chi connectivity index (χ1) is 12.6. The second-order valence-corrected chi connectivity index (χ2v) is 7.57. The average Bonchev–Trinajstić information content (AvgIpc) is 2.87. The summed E-state index contributed by atoms with van der Waals surface area (Å²) in [5, 5.41) is 0. The Morgan fingerprint density at radius 3 is 2.62 bits per heavy atom. The molecule has 0 unspecified atom stereocenters. The van der Waals surface area contributed by atoms with E-state index in [-0.39, 0.29) is 23.8 Å². The lowest BCUT2D eigenvalue weighted by Crippen LogP contribution is -2.44. The molecule has 2 saturated heterocycles. The molecule has 2 atom stereocenters. The standard InChI is InChI=1S/C21H31N3O2/c1-3-17(2)20(25)23-12-7-11-22(14-15-23)19-10-13-24(21(19)26)16-18-8-5-4-6-9-18/h4-6,8-9,17,19H,3,7,10-16H2,1-2H3/t17-,19+/m1/s1. The van der Waals surface area contributed by atoms with Crippen molar-refractivity contribution < 1.29 is 9.59 Å². The molecule has 3 rings (SSSR count). The second kappa shape index (κ2) is 8.67. The first-order valence-corrected chi connectivity index (χ1v) is 9.95. The van der Waals surface area contributed by atoms with Crippen LogP contribution in [0.1, 0.15) is 38.7 Å². The summed E-state index contributed by atoms with van der Waals surface area (Å²) in [6.45, 7) is 8.85. The first-order valence-electron chi connectivity index (χ1n) is 9.95. The Hall–Kier alpha value is -1.88. The molecular weight excluding hydrogens is 326 g/mol. The van der Waals surface area contributed by atoms with Crippen molar-refractivity contribution in [2.75, 3.05) is 32.7 Å². The fraction of sp³-hybridized carbons (Fsp3) is 0.619. The minimum absolute atomic E-state index is 0.0163. The van der Waals surface area contributed by atoms with Gasteiger partial charge < -0.3 is 9.80 Å². The summed E-state index contributed by atoms with van der Waals surface area (Å²) >= 11 is 0. The number of rotatable bonds is 5. The molecule has 26 heavy (non-hydrogen) atoms. The molecule has 5 nitrogen and oxygen atoms in total. The third-order valence-corrected chi connectivity index (χ3v) is 5.80. The minimum Gasteiger partial charge on any atom is -0.341 e. The van der Waals surface area contributed by atoms with E-state index < -0.39 is 0 Å². The number of amides is 2. The third-order valence-electron chi connectivity index (χ3n) is 5.80. The Bertz CT molecular complexity index is 619. The Kier molecular flexibility index (Phi) is 6.30. The molecule has 0 aromatic heterocycles. The van der Waals surface area contributed by atoms with Gasteiger partial charge in [-0.1, -0.05) is 44.2 Å². The molecule has 0 N–H and O–H groups in total. The van der Waals surface area contributed by atoms with Crippen molar-refractivity contribution in [3.8, 4) is 0 Å². The largest absolute Gasteiger partial charge is 0.341 e. The lowest BCUT2D eigenvalue weighted by molar-refractivity contribution is -0.134. The topological polar surface area (TPSA) is 43.9 Å². The molecule has 5 heteroatoms. The van der Waals surface area contributed by atoms with Crippen LogP contribution >= 0.6 is 0 Å². The van der Waals surface area contributed by atoms with Gasteiger partial charge in [0.1, 0.15) is 0 Å². The highest BCUT2D eigenvalue weighted by Crippen LogP contribution is 2.21. The summed E-state index contributed by atoms with van der Waals surface area (Å²) in [5.41, 5.74) is 1.18. The molecule has 2 amide bonds. The summed E-state index contributed by atoms with van der Waals surface area (Å²) in [6.07, 6.45) is 2.73. The molecule has 2 aliphatic rings. The van der Waals surface area contributed by atoms with Crippen LogP contribution in [0.5, 0.6) is 0 Å². The minimum atomic E-state index is -0.0163. The van der Waals surface area contributed by atoms with Gasteiger partial charge in [0.15, 0.2) is 0 Å². The van der Waals surface area contributed by atoms with Gasteiger partial charge >= 0.3 is 0 Å². The molecule has 1 aromatic rings. The van der Waals surface area contributed by atoms with Crippen molar-refractivity contribution in [1.29, 1.82) is 0 Å². The predicted octanol–water partition coefficient (Wildman–Crippen LogP) is 2.37. The van der Waals surface area contributed by atoms with Crippen LogP contribution in [0.4, 0.5) is 0 Å². The fourth-order valence-electron chi connectivity index (χ4n) is 3.98.